The average Bonchev–Trinajstić information content (AvgIpc) is 2.51. The number of likely N-dealkylation sites (tertiary alicyclic amines) is 1. The first-order chi connectivity index (χ1) is 10.6. The quantitative estimate of drug-likeness (QED) is 0.648. The van der Waals surface area contributed by atoms with Crippen LogP contribution in [0, 0.1) is 5.92 Å². The number of nitrogens with zero attached hydrogens (tertiary/aromatic N) is 1. The van der Waals surface area contributed by atoms with E-state index in [0.717, 1.165) is 12.8 Å². The molecule has 1 N–H and O–H groups in total. The lowest BCUT2D eigenvalue weighted by Crippen LogP contribution is -2.58. The first-order valence-electron chi connectivity index (χ1n) is 8.77. The molecule has 1 aromatic rings. The first kappa shape index (κ1) is 15.6. The second-order valence-corrected chi connectivity index (χ2v) is 7.26. The van der Waals surface area contributed by atoms with Crippen LogP contribution in [0.2, 0.25) is 0 Å². The predicted molar refractivity (Wildman–Crippen MR) is 92.4 cm³/mol. The molecule has 0 radical (unpaired) electrons. The molecule has 3 rings (SSSR count). The summed E-state index contributed by atoms with van der Waals surface area (Å²) in [6.07, 6.45) is 7.92. The molecule has 2 aliphatic rings. The summed E-state index contributed by atoms with van der Waals surface area (Å²) in [7, 11) is 0. The number of allylic oxidation sites excluding steroid dienone is 1. The summed E-state index contributed by atoms with van der Waals surface area (Å²) in [5, 5.41) is 9.93. The van der Waals surface area contributed by atoms with E-state index in [0.29, 0.717) is 17.7 Å². The number of aromatic hydroxyl groups is 1. The fourth-order valence-corrected chi connectivity index (χ4v) is 4.95. The van der Waals surface area contributed by atoms with Crippen molar-refractivity contribution in [1.29, 1.82) is 0 Å². The van der Waals surface area contributed by atoms with Crippen molar-refractivity contribution in [3.05, 3.63) is 42.0 Å². The van der Waals surface area contributed by atoms with Gasteiger partial charge in [-0.25, -0.2) is 0 Å². The fourth-order valence-electron chi connectivity index (χ4n) is 4.95. The second kappa shape index (κ2) is 6.08. The Morgan fingerprint density at radius 3 is 3.00 bits per heavy atom. The molecule has 0 spiro atoms. The van der Waals surface area contributed by atoms with E-state index in [-0.39, 0.29) is 5.41 Å². The van der Waals surface area contributed by atoms with Gasteiger partial charge in [0.05, 0.1) is 0 Å². The number of rotatable bonds is 5. The van der Waals surface area contributed by atoms with Crippen molar-refractivity contribution >= 4 is 0 Å². The van der Waals surface area contributed by atoms with Gasteiger partial charge in [0.15, 0.2) is 0 Å². The lowest BCUT2D eigenvalue weighted by Gasteiger charge is -2.55. The normalized spacial score (nSPS) is 30.8. The number of piperidine rings is 1. The molecule has 1 heterocycles. The highest BCUT2D eigenvalue weighted by Gasteiger charge is 2.49. The molecule has 1 aliphatic heterocycles. The van der Waals surface area contributed by atoms with Gasteiger partial charge in [-0.15, -0.1) is 6.58 Å². The Morgan fingerprint density at radius 2 is 2.27 bits per heavy atom. The highest BCUT2D eigenvalue weighted by molar-refractivity contribution is 5.44. The van der Waals surface area contributed by atoms with E-state index in [1.807, 2.05) is 18.2 Å². The van der Waals surface area contributed by atoms with Gasteiger partial charge in [-0.2, -0.15) is 0 Å². The standard InChI is InChI=1S/C20H29NO/c1-4-6-7-11-21-12-10-20(3)17(5-2)19(21)13-15-8-9-16(22)14-18(15)20/h4,8-9,14,17,19,22H,1,5-7,10-13H2,2-3H3/t17-,19+,20-/m0/s1. The van der Waals surface area contributed by atoms with Gasteiger partial charge in [-0.3, -0.25) is 4.90 Å². The van der Waals surface area contributed by atoms with Gasteiger partial charge < -0.3 is 5.11 Å². The molecule has 0 aromatic heterocycles. The van der Waals surface area contributed by atoms with Crippen LogP contribution in [-0.2, 0) is 11.8 Å². The van der Waals surface area contributed by atoms with Gasteiger partial charge >= 0.3 is 0 Å². The van der Waals surface area contributed by atoms with E-state index in [4.69, 9.17) is 0 Å². The van der Waals surface area contributed by atoms with Crippen LogP contribution >= 0.6 is 0 Å². The summed E-state index contributed by atoms with van der Waals surface area (Å²) in [6, 6.07) is 6.69. The number of phenolic OH excluding ortho intramolecular Hbond substituents is 1. The number of hydrogen-bond acceptors (Lipinski definition) is 2. The molecule has 120 valence electrons. The summed E-state index contributed by atoms with van der Waals surface area (Å²) >= 11 is 0. The largest absolute Gasteiger partial charge is 0.508 e. The molecular weight excluding hydrogens is 270 g/mol. The molecule has 1 fully saturated rings. The second-order valence-electron chi connectivity index (χ2n) is 7.26. The number of unbranched alkanes of at least 4 members (excludes halogenated alkanes) is 1. The summed E-state index contributed by atoms with van der Waals surface area (Å²) in [5.74, 6) is 1.11. The van der Waals surface area contributed by atoms with E-state index in [1.54, 1.807) is 0 Å². The smallest absolute Gasteiger partial charge is 0.115 e. The zero-order chi connectivity index (χ0) is 15.7. The van der Waals surface area contributed by atoms with Gasteiger partial charge in [0.2, 0.25) is 0 Å². The summed E-state index contributed by atoms with van der Waals surface area (Å²) in [5.41, 5.74) is 3.07. The van der Waals surface area contributed by atoms with Crippen molar-refractivity contribution in [2.24, 2.45) is 5.92 Å². The molecule has 0 saturated carbocycles. The van der Waals surface area contributed by atoms with E-state index < -0.39 is 0 Å². The molecule has 2 bridgehead atoms. The molecular formula is C20H29NO. The first-order valence-corrected chi connectivity index (χ1v) is 8.77. The zero-order valence-electron chi connectivity index (χ0n) is 14.0. The minimum absolute atomic E-state index is 0.223. The Labute approximate surface area is 134 Å². The van der Waals surface area contributed by atoms with Crippen LogP contribution in [0.3, 0.4) is 0 Å². The third kappa shape index (κ3) is 2.48. The van der Waals surface area contributed by atoms with Crippen molar-refractivity contribution in [3.8, 4) is 5.75 Å². The van der Waals surface area contributed by atoms with Gasteiger partial charge in [-0.1, -0.05) is 32.4 Å². The van der Waals surface area contributed by atoms with Crippen molar-refractivity contribution in [2.75, 3.05) is 13.1 Å². The topological polar surface area (TPSA) is 23.5 Å². The Bertz CT molecular complexity index is 553. The molecule has 0 unspecified atom stereocenters. The molecule has 2 heteroatoms. The van der Waals surface area contributed by atoms with Crippen LogP contribution < -0.4 is 0 Å². The SMILES string of the molecule is C=CCCCN1CC[C@]2(C)c3cc(O)ccc3C[C@@H]1[C@@H]2CC. The maximum Gasteiger partial charge on any atom is 0.115 e. The molecule has 3 atom stereocenters. The minimum atomic E-state index is 0.223. The number of benzene rings is 1. The van der Waals surface area contributed by atoms with Gasteiger partial charge in [-0.05, 0) is 73.4 Å². The van der Waals surface area contributed by atoms with E-state index in [9.17, 15) is 5.11 Å². The average molecular weight is 299 g/mol. The van der Waals surface area contributed by atoms with Crippen molar-refractivity contribution < 1.29 is 5.11 Å². The third-order valence-corrected chi connectivity index (χ3v) is 6.10. The van der Waals surface area contributed by atoms with E-state index in [2.05, 4.69) is 31.4 Å². The summed E-state index contributed by atoms with van der Waals surface area (Å²) in [4.78, 5) is 2.72. The minimum Gasteiger partial charge on any atom is -0.508 e. The van der Waals surface area contributed by atoms with E-state index >= 15 is 0 Å². The maximum atomic E-state index is 9.93. The predicted octanol–water partition coefficient (Wildman–Crippen LogP) is 4.27. The van der Waals surface area contributed by atoms with Crippen molar-refractivity contribution in [2.45, 2.75) is 57.4 Å². The fraction of sp³-hybridized carbons (Fsp3) is 0.600. The molecule has 1 aromatic carbocycles. The summed E-state index contributed by atoms with van der Waals surface area (Å²) < 4.78 is 0. The third-order valence-electron chi connectivity index (χ3n) is 6.10. The molecule has 2 nitrogen and oxygen atoms in total. The van der Waals surface area contributed by atoms with Crippen LogP contribution in [0.25, 0.3) is 0 Å². The van der Waals surface area contributed by atoms with Crippen LogP contribution in [0.1, 0.15) is 50.7 Å². The monoisotopic (exact) mass is 299 g/mol. The molecule has 0 amide bonds. The van der Waals surface area contributed by atoms with Crippen molar-refractivity contribution in [3.63, 3.8) is 0 Å². The molecule has 1 aliphatic carbocycles. The van der Waals surface area contributed by atoms with Gasteiger partial charge in [0.1, 0.15) is 5.75 Å². The van der Waals surface area contributed by atoms with Crippen LogP contribution in [0.5, 0.6) is 5.75 Å². The Hall–Kier alpha value is -1.28. The zero-order valence-corrected chi connectivity index (χ0v) is 14.0. The summed E-state index contributed by atoms with van der Waals surface area (Å²) in [6.45, 7) is 11.0. The Kier molecular flexibility index (Phi) is 4.31. The molecule has 1 saturated heterocycles. The number of phenols is 1. The van der Waals surface area contributed by atoms with Crippen LogP contribution in [-0.4, -0.2) is 29.1 Å². The maximum absolute atomic E-state index is 9.93. The number of hydrogen-bond donors (Lipinski definition) is 1. The van der Waals surface area contributed by atoms with Crippen molar-refractivity contribution in [1.82, 2.24) is 4.90 Å². The van der Waals surface area contributed by atoms with Gasteiger partial charge in [0, 0.05) is 6.04 Å². The van der Waals surface area contributed by atoms with Crippen LogP contribution in [0.15, 0.2) is 30.9 Å². The highest BCUT2D eigenvalue weighted by Crippen LogP contribution is 2.50. The van der Waals surface area contributed by atoms with Crippen LogP contribution in [0.4, 0.5) is 0 Å². The molecule has 22 heavy (non-hydrogen) atoms. The lowest BCUT2D eigenvalue weighted by molar-refractivity contribution is 0.0193. The highest BCUT2D eigenvalue weighted by atomic mass is 16.3. The van der Waals surface area contributed by atoms with E-state index in [1.165, 1.54) is 43.5 Å². The lowest BCUT2D eigenvalue weighted by atomic mass is 9.57. The Morgan fingerprint density at radius 1 is 1.45 bits per heavy atom. The Balaban J connectivity index is 1.92. The van der Waals surface area contributed by atoms with Gasteiger partial charge in [0.25, 0.3) is 0 Å². The number of fused-ring (bicyclic) bond motifs is 4.